The van der Waals surface area contributed by atoms with Gasteiger partial charge in [-0.2, -0.15) is 0 Å². The molecule has 2 aromatic carbocycles. The summed E-state index contributed by atoms with van der Waals surface area (Å²) in [6.45, 7) is 2.06. The van der Waals surface area contributed by atoms with Crippen molar-refractivity contribution < 1.29 is 15.3 Å². The van der Waals surface area contributed by atoms with Crippen LogP contribution in [0.15, 0.2) is 42.5 Å². The molecule has 0 fully saturated rings. The van der Waals surface area contributed by atoms with Crippen molar-refractivity contribution in [3.63, 3.8) is 0 Å². The Labute approximate surface area is 106 Å². The smallest absolute Gasteiger partial charge is 0.157 e. The second-order valence-electron chi connectivity index (χ2n) is 4.30. The third-order valence-corrected chi connectivity index (χ3v) is 3.11. The molecule has 94 valence electrons. The van der Waals surface area contributed by atoms with Gasteiger partial charge in [0.15, 0.2) is 11.5 Å². The first-order valence-electron chi connectivity index (χ1n) is 5.92. The highest BCUT2D eigenvalue weighted by Gasteiger charge is 2.13. The summed E-state index contributed by atoms with van der Waals surface area (Å²) in [5, 5.41) is 28.2. The Morgan fingerprint density at radius 1 is 0.833 bits per heavy atom. The highest BCUT2D eigenvalue weighted by molar-refractivity contribution is 5.44. The molecule has 2 aromatic rings. The average molecular weight is 244 g/mol. The third kappa shape index (κ3) is 2.40. The fraction of sp³-hybridized carbons (Fsp3) is 0.200. The van der Waals surface area contributed by atoms with Crippen LogP contribution in [0.4, 0.5) is 0 Å². The predicted molar refractivity (Wildman–Crippen MR) is 70.0 cm³/mol. The lowest BCUT2D eigenvalue weighted by Crippen LogP contribution is -1.99. The maximum atomic E-state index is 9.55. The van der Waals surface area contributed by atoms with Crippen molar-refractivity contribution in [3.05, 3.63) is 53.6 Å². The summed E-state index contributed by atoms with van der Waals surface area (Å²) in [6.07, 6.45) is 0.870. The van der Waals surface area contributed by atoms with Crippen LogP contribution in [0.3, 0.4) is 0 Å². The molecule has 0 heterocycles. The van der Waals surface area contributed by atoms with E-state index in [0.29, 0.717) is 0 Å². The van der Waals surface area contributed by atoms with Gasteiger partial charge in [0.1, 0.15) is 5.75 Å². The topological polar surface area (TPSA) is 60.7 Å². The van der Waals surface area contributed by atoms with Gasteiger partial charge < -0.3 is 15.3 Å². The lowest BCUT2D eigenvalue weighted by molar-refractivity contribution is 0.403. The molecule has 18 heavy (non-hydrogen) atoms. The lowest BCUT2D eigenvalue weighted by Gasteiger charge is -2.16. The summed E-state index contributed by atoms with van der Waals surface area (Å²) >= 11 is 0. The minimum absolute atomic E-state index is 0.107. The number of phenolic OH excluding ortho intramolecular Hbond substituents is 3. The van der Waals surface area contributed by atoms with E-state index in [0.717, 1.165) is 17.5 Å². The zero-order chi connectivity index (χ0) is 13.1. The minimum atomic E-state index is -0.112. The average Bonchev–Trinajstić information content (AvgIpc) is 2.37. The van der Waals surface area contributed by atoms with Crippen LogP contribution in [0, 0.1) is 0 Å². The molecular weight excluding hydrogens is 228 g/mol. The van der Waals surface area contributed by atoms with Crippen molar-refractivity contribution in [2.24, 2.45) is 0 Å². The molecule has 0 amide bonds. The van der Waals surface area contributed by atoms with Crippen molar-refractivity contribution in [2.75, 3.05) is 0 Å². The van der Waals surface area contributed by atoms with Crippen molar-refractivity contribution in [2.45, 2.75) is 19.3 Å². The van der Waals surface area contributed by atoms with Gasteiger partial charge in [0.2, 0.25) is 0 Å². The highest BCUT2D eigenvalue weighted by Crippen LogP contribution is 2.34. The molecule has 0 saturated heterocycles. The Bertz CT molecular complexity index is 532. The van der Waals surface area contributed by atoms with Crippen LogP contribution >= 0.6 is 0 Å². The maximum absolute atomic E-state index is 9.55. The van der Waals surface area contributed by atoms with E-state index in [1.54, 1.807) is 24.3 Å². The predicted octanol–water partition coefficient (Wildman–Crippen LogP) is 3.35. The van der Waals surface area contributed by atoms with Crippen LogP contribution in [0.2, 0.25) is 0 Å². The van der Waals surface area contributed by atoms with E-state index in [2.05, 4.69) is 6.92 Å². The van der Waals surface area contributed by atoms with Gasteiger partial charge >= 0.3 is 0 Å². The second kappa shape index (κ2) is 5.00. The monoisotopic (exact) mass is 244 g/mol. The van der Waals surface area contributed by atoms with E-state index >= 15 is 0 Å². The maximum Gasteiger partial charge on any atom is 0.157 e. The first kappa shape index (κ1) is 12.3. The van der Waals surface area contributed by atoms with E-state index in [1.165, 1.54) is 6.07 Å². The van der Waals surface area contributed by atoms with E-state index in [4.69, 9.17) is 0 Å². The summed E-state index contributed by atoms with van der Waals surface area (Å²) < 4.78 is 0. The molecule has 0 saturated carbocycles. The molecule has 3 heteroatoms. The molecule has 1 atom stereocenters. The number of aromatic hydroxyl groups is 3. The molecule has 2 rings (SSSR count). The Hall–Kier alpha value is -2.16. The van der Waals surface area contributed by atoms with E-state index in [-0.39, 0.29) is 23.2 Å². The fourth-order valence-corrected chi connectivity index (χ4v) is 2.13. The van der Waals surface area contributed by atoms with E-state index < -0.39 is 0 Å². The third-order valence-electron chi connectivity index (χ3n) is 3.11. The van der Waals surface area contributed by atoms with Gasteiger partial charge in [0, 0.05) is 5.92 Å². The number of benzene rings is 2. The van der Waals surface area contributed by atoms with Crippen molar-refractivity contribution in [1.29, 1.82) is 0 Å². The summed E-state index contributed by atoms with van der Waals surface area (Å²) in [6, 6.07) is 11.9. The largest absolute Gasteiger partial charge is 0.508 e. The van der Waals surface area contributed by atoms with Crippen LogP contribution in [-0.4, -0.2) is 15.3 Å². The van der Waals surface area contributed by atoms with Crippen molar-refractivity contribution in [3.8, 4) is 17.2 Å². The van der Waals surface area contributed by atoms with Gasteiger partial charge in [-0.3, -0.25) is 0 Å². The zero-order valence-corrected chi connectivity index (χ0v) is 10.2. The molecule has 0 aliphatic heterocycles. The molecule has 0 aliphatic carbocycles. The highest BCUT2D eigenvalue weighted by atomic mass is 16.3. The molecule has 3 nitrogen and oxygen atoms in total. The summed E-state index contributed by atoms with van der Waals surface area (Å²) in [5.74, 6) is 0.156. The molecule has 0 spiro atoms. The first-order valence-corrected chi connectivity index (χ1v) is 5.92. The zero-order valence-electron chi connectivity index (χ0n) is 10.2. The number of phenols is 3. The fourth-order valence-electron chi connectivity index (χ4n) is 2.13. The van der Waals surface area contributed by atoms with Crippen LogP contribution in [0.1, 0.15) is 30.4 Å². The van der Waals surface area contributed by atoms with Crippen molar-refractivity contribution >= 4 is 0 Å². The normalized spacial score (nSPS) is 12.3. The van der Waals surface area contributed by atoms with Crippen LogP contribution < -0.4 is 0 Å². The van der Waals surface area contributed by atoms with Gasteiger partial charge in [0.05, 0.1) is 0 Å². The van der Waals surface area contributed by atoms with Gasteiger partial charge in [-0.05, 0) is 41.8 Å². The SMILES string of the molecule is CCC(c1ccc(O)cc1)c1ccc(O)c(O)c1. The Balaban J connectivity index is 2.38. The minimum Gasteiger partial charge on any atom is -0.508 e. The summed E-state index contributed by atoms with van der Waals surface area (Å²) in [5.41, 5.74) is 2.01. The molecule has 1 unspecified atom stereocenters. The first-order chi connectivity index (χ1) is 8.61. The molecule has 0 bridgehead atoms. The molecule has 0 radical (unpaired) electrons. The number of hydrogen-bond acceptors (Lipinski definition) is 3. The number of rotatable bonds is 3. The van der Waals surface area contributed by atoms with Gasteiger partial charge in [0.25, 0.3) is 0 Å². The summed E-state index contributed by atoms with van der Waals surface area (Å²) in [4.78, 5) is 0. The van der Waals surface area contributed by atoms with Gasteiger partial charge in [-0.15, -0.1) is 0 Å². The molecular formula is C15H16O3. The van der Waals surface area contributed by atoms with Crippen LogP contribution in [0.5, 0.6) is 17.2 Å². The second-order valence-corrected chi connectivity index (χ2v) is 4.30. The van der Waals surface area contributed by atoms with E-state index in [1.807, 2.05) is 12.1 Å². The standard InChI is InChI=1S/C15H16O3/c1-2-13(10-3-6-12(16)7-4-10)11-5-8-14(17)15(18)9-11/h3-9,13,16-18H,2H2,1H3. The lowest BCUT2D eigenvalue weighted by atomic mass is 9.89. The summed E-state index contributed by atoms with van der Waals surface area (Å²) in [7, 11) is 0. The Morgan fingerprint density at radius 2 is 1.44 bits per heavy atom. The quantitative estimate of drug-likeness (QED) is 0.726. The van der Waals surface area contributed by atoms with Crippen molar-refractivity contribution in [1.82, 2.24) is 0 Å². The van der Waals surface area contributed by atoms with E-state index in [9.17, 15) is 15.3 Å². The number of hydrogen-bond donors (Lipinski definition) is 3. The van der Waals surface area contributed by atoms with Crippen LogP contribution in [0.25, 0.3) is 0 Å². The molecule has 0 aromatic heterocycles. The molecule has 3 N–H and O–H groups in total. The van der Waals surface area contributed by atoms with Gasteiger partial charge in [-0.25, -0.2) is 0 Å². The molecule has 0 aliphatic rings. The van der Waals surface area contributed by atoms with Gasteiger partial charge in [-0.1, -0.05) is 25.1 Å². The van der Waals surface area contributed by atoms with Crippen LogP contribution in [-0.2, 0) is 0 Å². The Morgan fingerprint density at radius 3 is 2.00 bits per heavy atom. The Kier molecular flexibility index (Phi) is 3.42.